The summed E-state index contributed by atoms with van der Waals surface area (Å²) in [4.78, 5) is 11.0. The first-order valence-corrected chi connectivity index (χ1v) is 5.30. The first-order chi connectivity index (χ1) is 7.83. The molecule has 0 aliphatic heterocycles. The summed E-state index contributed by atoms with van der Waals surface area (Å²) in [5.41, 5.74) is 10.5. The molecule has 0 saturated heterocycles. The number of benzene rings is 1. The Morgan fingerprint density at radius 3 is 2.76 bits per heavy atom. The lowest BCUT2D eigenvalue weighted by Crippen LogP contribution is -2.50. The summed E-state index contributed by atoms with van der Waals surface area (Å²) >= 11 is 0. The molecule has 4 N–H and O–H groups in total. The van der Waals surface area contributed by atoms with E-state index < -0.39 is 17.3 Å². The molecular formula is C12H17FN2O2. The highest BCUT2D eigenvalue weighted by Crippen LogP contribution is 2.19. The number of amides is 1. The molecule has 1 amide bonds. The average molecular weight is 240 g/mol. The van der Waals surface area contributed by atoms with Crippen LogP contribution in [0.5, 0.6) is 5.75 Å². The number of carbonyl (C=O) groups excluding carboxylic acids is 1. The fraction of sp³-hybridized carbons (Fsp3) is 0.417. The Morgan fingerprint density at radius 2 is 2.18 bits per heavy atom. The Bertz CT molecular complexity index is 419. The van der Waals surface area contributed by atoms with Gasteiger partial charge < -0.3 is 16.2 Å². The third-order valence-electron chi connectivity index (χ3n) is 2.53. The van der Waals surface area contributed by atoms with Gasteiger partial charge in [-0.1, -0.05) is 6.07 Å². The number of rotatable bonds is 5. The predicted octanol–water partition coefficient (Wildman–Crippen LogP) is 1.11. The number of nitrogens with two attached hydrogens (primary N) is 2. The molecule has 0 radical (unpaired) electrons. The average Bonchev–Trinajstić information content (AvgIpc) is 2.22. The predicted molar refractivity (Wildman–Crippen MR) is 63.0 cm³/mol. The molecule has 0 fully saturated rings. The molecule has 0 spiro atoms. The Morgan fingerprint density at radius 1 is 1.53 bits per heavy atom. The van der Waals surface area contributed by atoms with Gasteiger partial charge in [-0.15, -0.1) is 0 Å². The lowest BCUT2D eigenvalue weighted by molar-refractivity contribution is -0.123. The fourth-order valence-corrected chi connectivity index (χ4v) is 1.22. The van der Waals surface area contributed by atoms with Crippen molar-refractivity contribution in [3.63, 3.8) is 0 Å². The van der Waals surface area contributed by atoms with Crippen molar-refractivity contribution in [3.8, 4) is 5.75 Å². The van der Waals surface area contributed by atoms with Crippen LogP contribution >= 0.6 is 0 Å². The van der Waals surface area contributed by atoms with Gasteiger partial charge in [0.2, 0.25) is 5.91 Å². The van der Waals surface area contributed by atoms with Crippen LogP contribution in [-0.2, 0) is 4.79 Å². The molecule has 0 saturated carbocycles. The Hall–Kier alpha value is -1.62. The van der Waals surface area contributed by atoms with Crippen molar-refractivity contribution in [2.75, 3.05) is 6.61 Å². The van der Waals surface area contributed by atoms with Crippen LogP contribution in [0.15, 0.2) is 18.2 Å². The Kier molecular flexibility index (Phi) is 4.07. The van der Waals surface area contributed by atoms with Gasteiger partial charge in [0.15, 0.2) is 11.6 Å². The molecule has 0 bridgehead atoms. The van der Waals surface area contributed by atoms with Gasteiger partial charge in [-0.05, 0) is 31.5 Å². The van der Waals surface area contributed by atoms with Crippen LogP contribution in [0.2, 0.25) is 0 Å². The van der Waals surface area contributed by atoms with E-state index >= 15 is 0 Å². The lowest BCUT2D eigenvalue weighted by Gasteiger charge is -2.20. The number of hydrogen-bond donors (Lipinski definition) is 2. The molecule has 1 atom stereocenters. The summed E-state index contributed by atoms with van der Waals surface area (Å²) in [6.45, 7) is 3.49. The minimum Gasteiger partial charge on any atom is -0.490 e. The van der Waals surface area contributed by atoms with Crippen molar-refractivity contribution in [2.45, 2.75) is 25.8 Å². The number of carbonyl (C=O) groups is 1. The number of primary amides is 1. The fourth-order valence-electron chi connectivity index (χ4n) is 1.22. The van der Waals surface area contributed by atoms with Gasteiger partial charge in [-0.25, -0.2) is 4.39 Å². The molecule has 0 heterocycles. The van der Waals surface area contributed by atoms with Crippen molar-refractivity contribution in [3.05, 3.63) is 29.6 Å². The number of aryl methyl sites for hydroxylation is 1. The third kappa shape index (κ3) is 3.71. The molecule has 0 aliphatic rings. The van der Waals surface area contributed by atoms with Gasteiger partial charge in [-0.3, -0.25) is 4.79 Å². The van der Waals surface area contributed by atoms with E-state index in [-0.39, 0.29) is 18.8 Å². The smallest absolute Gasteiger partial charge is 0.237 e. The maximum Gasteiger partial charge on any atom is 0.237 e. The number of hydrogen-bond acceptors (Lipinski definition) is 3. The first-order valence-electron chi connectivity index (χ1n) is 5.30. The van der Waals surface area contributed by atoms with Crippen LogP contribution in [-0.4, -0.2) is 18.1 Å². The minimum atomic E-state index is -1.14. The molecule has 5 heteroatoms. The van der Waals surface area contributed by atoms with Crippen LogP contribution in [0, 0.1) is 12.7 Å². The lowest BCUT2D eigenvalue weighted by atomic mass is 9.99. The molecule has 1 aromatic carbocycles. The van der Waals surface area contributed by atoms with Gasteiger partial charge in [0.1, 0.15) is 0 Å². The SMILES string of the molecule is Cc1ccc(F)c(OCCC(C)(N)C(N)=O)c1. The zero-order valence-corrected chi connectivity index (χ0v) is 10.00. The van der Waals surface area contributed by atoms with Crippen molar-refractivity contribution >= 4 is 5.91 Å². The zero-order chi connectivity index (χ0) is 13.1. The normalized spacial score (nSPS) is 14.1. The number of halogens is 1. The van der Waals surface area contributed by atoms with E-state index in [4.69, 9.17) is 16.2 Å². The second-order valence-electron chi connectivity index (χ2n) is 4.31. The van der Waals surface area contributed by atoms with Gasteiger partial charge in [0.25, 0.3) is 0 Å². The third-order valence-corrected chi connectivity index (χ3v) is 2.53. The maximum absolute atomic E-state index is 13.3. The van der Waals surface area contributed by atoms with E-state index in [0.29, 0.717) is 0 Å². The standard InChI is InChI=1S/C12H17FN2O2/c1-8-3-4-9(13)10(7-8)17-6-5-12(2,15)11(14)16/h3-4,7H,5-6,15H2,1-2H3,(H2,14,16). The maximum atomic E-state index is 13.3. The van der Waals surface area contributed by atoms with Crippen LogP contribution in [0.25, 0.3) is 0 Å². The summed E-state index contributed by atoms with van der Waals surface area (Å²) < 4.78 is 18.5. The molecule has 1 rings (SSSR count). The van der Waals surface area contributed by atoms with E-state index in [1.54, 1.807) is 12.1 Å². The highest BCUT2D eigenvalue weighted by Gasteiger charge is 2.25. The van der Waals surface area contributed by atoms with Crippen LogP contribution in [0.1, 0.15) is 18.9 Å². The van der Waals surface area contributed by atoms with Crippen molar-refractivity contribution < 1.29 is 13.9 Å². The summed E-state index contributed by atoms with van der Waals surface area (Å²) in [5, 5.41) is 0. The second kappa shape index (κ2) is 5.14. The molecular weight excluding hydrogens is 223 g/mol. The molecule has 94 valence electrons. The quantitative estimate of drug-likeness (QED) is 0.809. The summed E-state index contributed by atoms with van der Waals surface area (Å²) in [7, 11) is 0. The molecule has 1 unspecified atom stereocenters. The second-order valence-corrected chi connectivity index (χ2v) is 4.31. The van der Waals surface area contributed by atoms with Gasteiger partial charge >= 0.3 is 0 Å². The summed E-state index contributed by atoms with van der Waals surface area (Å²) in [5.74, 6) is -0.885. The highest BCUT2D eigenvalue weighted by molar-refractivity contribution is 5.83. The van der Waals surface area contributed by atoms with Crippen LogP contribution < -0.4 is 16.2 Å². The van der Waals surface area contributed by atoms with Crippen molar-refractivity contribution in [1.29, 1.82) is 0 Å². The minimum absolute atomic E-state index is 0.135. The van der Waals surface area contributed by atoms with Gasteiger partial charge in [0.05, 0.1) is 12.1 Å². The first kappa shape index (κ1) is 13.4. The summed E-state index contributed by atoms with van der Waals surface area (Å²) in [6.07, 6.45) is 0.232. The topological polar surface area (TPSA) is 78.3 Å². The van der Waals surface area contributed by atoms with Crippen molar-refractivity contribution in [1.82, 2.24) is 0 Å². The zero-order valence-electron chi connectivity index (χ0n) is 10.00. The van der Waals surface area contributed by atoms with E-state index in [2.05, 4.69) is 0 Å². The van der Waals surface area contributed by atoms with E-state index in [1.165, 1.54) is 13.0 Å². The molecule has 0 aliphatic carbocycles. The van der Waals surface area contributed by atoms with E-state index in [1.807, 2.05) is 6.92 Å². The largest absolute Gasteiger partial charge is 0.490 e. The van der Waals surface area contributed by atoms with Crippen molar-refractivity contribution in [2.24, 2.45) is 11.5 Å². The Labute approximate surface area is 99.7 Å². The monoisotopic (exact) mass is 240 g/mol. The highest BCUT2D eigenvalue weighted by atomic mass is 19.1. The molecule has 1 aromatic rings. The Balaban J connectivity index is 2.57. The van der Waals surface area contributed by atoms with E-state index in [0.717, 1.165) is 5.56 Å². The van der Waals surface area contributed by atoms with Gasteiger partial charge in [0, 0.05) is 6.42 Å². The summed E-state index contributed by atoms with van der Waals surface area (Å²) in [6, 6.07) is 4.58. The van der Waals surface area contributed by atoms with Crippen LogP contribution in [0.4, 0.5) is 4.39 Å². The van der Waals surface area contributed by atoms with Gasteiger partial charge in [-0.2, -0.15) is 0 Å². The molecule has 4 nitrogen and oxygen atoms in total. The van der Waals surface area contributed by atoms with Crippen LogP contribution in [0.3, 0.4) is 0 Å². The molecule has 0 aromatic heterocycles. The molecule has 17 heavy (non-hydrogen) atoms. The number of ether oxygens (including phenoxy) is 1. The van der Waals surface area contributed by atoms with E-state index in [9.17, 15) is 9.18 Å².